The minimum Gasteiger partial charge on any atom is -0.493 e. The predicted octanol–water partition coefficient (Wildman–Crippen LogP) is 5.27. The van der Waals surface area contributed by atoms with Crippen LogP contribution in [0.25, 0.3) is 11.1 Å². The zero-order valence-corrected chi connectivity index (χ0v) is 22.1. The minimum atomic E-state index is -0.420. The van der Waals surface area contributed by atoms with Gasteiger partial charge in [-0.15, -0.1) is 0 Å². The smallest absolute Gasteiger partial charge is 0.412 e. The lowest BCUT2D eigenvalue weighted by atomic mass is 9.94. The third-order valence-corrected chi connectivity index (χ3v) is 5.16. The Morgan fingerprint density at radius 3 is 2.17 bits per heavy atom. The molecule has 0 spiro atoms. The van der Waals surface area contributed by atoms with Gasteiger partial charge in [-0.3, -0.25) is 4.79 Å². The normalized spacial score (nSPS) is 11.1. The molecule has 1 aliphatic rings. The largest absolute Gasteiger partial charge is 0.493 e. The number of methoxy groups -OCH3 is 3. The van der Waals surface area contributed by atoms with Crippen molar-refractivity contribution >= 4 is 12.0 Å². The number of benzene rings is 2. The standard InChI is InChI=1S/C23H29NO5.C2H5NO.C2H6/c1-5-6-12-24-23(25)29-17-10-11-18-15(13-17)8-7-9-16-14-19(26-2)21(27-3)22(28-4)20(16)18;1-2(3)4;1-2/h10-11,13-14H,5-9,12H2,1-4H3,(H,24,25);1H3,(H2,3,4);1-2H3. The molecule has 3 rings (SSSR count). The number of hydrogen-bond acceptors (Lipinski definition) is 6. The number of rotatable bonds is 7. The highest BCUT2D eigenvalue weighted by Crippen LogP contribution is 2.49. The van der Waals surface area contributed by atoms with Gasteiger partial charge in [0, 0.05) is 19.0 Å². The maximum absolute atomic E-state index is 12.0. The summed E-state index contributed by atoms with van der Waals surface area (Å²) in [6, 6.07) is 7.78. The van der Waals surface area contributed by atoms with Crippen molar-refractivity contribution in [2.75, 3.05) is 27.9 Å². The number of amides is 2. The van der Waals surface area contributed by atoms with Crippen molar-refractivity contribution in [1.29, 1.82) is 0 Å². The van der Waals surface area contributed by atoms with E-state index in [-0.39, 0.29) is 5.91 Å². The van der Waals surface area contributed by atoms with Gasteiger partial charge < -0.3 is 30.0 Å². The molecule has 0 aromatic heterocycles. The summed E-state index contributed by atoms with van der Waals surface area (Å²) in [4.78, 5) is 21.2. The Morgan fingerprint density at radius 1 is 0.971 bits per heavy atom. The van der Waals surface area contributed by atoms with E-state index in [1.165, 1.54) is 6.92 Å². The molecular weight excluding hydrogens is 448 g/mol. The highest BCUT2D eigenvalue weighted by atomic mass is 16.6. The van der Waals surface area contributed by atoms with Crippen LogP contribution in [0.5, 0.6) is 23.0 Å². The highest BCUT2D eigenvalue weighted by Gasteiger charge is 2.25. The van der Waals surface area contributed by atoms with Crippen molar-refractivity contribution in [3.05, 3.63) is 35.4 Å². The SMILES string of the molecule is CC.CC(N)=O.CCCCNC(=O)Oc1ccc2c(c1)CCCc1cc(OC)c(OC)c(OC)c1-2. The van der Waals surface area contributed by atoms with Crippen LogP contribution in [0, 0.1) is 0 Å². The predicted molar refractivity (Wildman–Crippen MR) is 139 cm³/mol. The molecule has 0 saturated heterocycles. The van der Waals surface area contributed by atoms with Crippen LogP contribution in [0.3, 0.4) is 0 Å². The van der Waals surface area contributed by atoms with Gasteiger partial charge in [0.2, 0.25) is 11.7 Å². The summed E-state index contributed by atoms with van der Waals surface area (Å²) in [5, 5.41) is 2.77. The molecule has 0 fully saturated rings. The zero-order valence-electron chi connectivity index (χ0n) is 22.1. The number of carbonyl (C=O) groups excluding carboxylic acids is 2. The highest BCUT2D eigenvalue weighted by molar-refractivity contribution is 5.83. The molecule has 0 radical (unpaired) electrons. The Bertz CT molecular complexity index is 971. The first-order chi connectivity index (χ1) is 16.9. The molecule has 0 heterocycles. The molecule has 2 aromatic rings. The van der Waals surface area contributed by atoms with Gasteiger partial charge in [0.25, 0.3) is 0 Å². The Hall–Kier alpha value is -3.42. The maximum Gasteiger partial charge on any atom is 0.412 e. The topological polar surface area (TPSA) is 109 Å². The summed E-state index contributed by atoms with van der Waals surface area (Å²) >= 11 is 0. The van der Waals surface area contributed by atoms with Crippen molar-refractivity contribution in [1.82, 2.24) is 5.32 Å². The first-order valence-electron chi connectivity index (χ1n) is 12.0. The quantitative estimate of drug-likeness (QED) is 0.514. The molecular formula is C27H40N2O6. The van der Waals surface area contributed by atoms with E-state index in [1.807, 2.05) is 38.1 Å². The average molecular weight is 489 g/mol. The van der Waals surface area contributed by atoms with Crippen LogP contribution < -0.4 is 30.0 Å². The van der Waals surface area contributed by atoms with Crippen LogP contribution in [0.1, 0.15) is 58.1 Å². The van der Waals surface area contributed by atoms with E-state index in [9.17, 15) is 9.59 Å². The molecule has 0 atom stereocenters. The second-order valence-electron chi connectivity index (χ2n) is 7.63. The number of fused-ring (bicyclic) bond motifs is 3. The summed E-state index contributed by atoms with van der Waals surface area (Å²) in [5.41, 5.74) is 8.82. The van der Waals surface area contributed by atoms with E-state index in [1.54, 1.807) is 21.3 Å². The summed E-state index contributed by atoms with van der Waals surface area (Å²) in [7, 11) is 4.88. The monoisotopic (exact) mass is 488 g/mol. The first-order valence-corrected chi connectivity index (χ1v) is 12.0. The van der Waals surface area contributed by atoms with Crippen LogP contribution >= 0.6 is 0 Å². The van der Waals surface area contributed by atoms with E-state index in [0.29, 0.717) is 29.5 Å². The number of ether oxygens (including phenoxy) is 4. The van der Waals surface area contributed by atoms with Crippen LogP contribution in [0.4, 0.5) is 4.79 Å². The number of primary amides is 1. The van der Waals surface area contributed by atoms with Crippen molar-refractivity contribution in [2.45, 2.75) is 59.8 Å². The van der Waals surface area contributed by atoms with Gasteiger partial charge in [-0.05, 0) is 60.6 Å². The molecule has 8 nitrogen and oxygen atoms in total. The van der Waals surface area contributed by atoms with Crippen LogP contribution in [0.2, 0.25) is 0 Å². The summed E-state index contributed by atoms with van der Waals surface area (Å²) < 4.78 is 22.3. The van der Waals surface area contributed by atoms with E-state index < -0.39 is 6.09 Å². The second kappa shape index (κ2) is 15.5. The lowest BCUT2D eigenvalue weighted by molar-refractivity contribution is -0.115. The lowest BCUT2D eigenvalue weighted by Gasteiger charge is -2.20. The molecule has 1 aliphatic carbocycles. The first kappa shape index (κ1) is 29.6. The molecule has 2 amide bonds. The molecule has 2 aromatic carbocycles. The number of nitrogens with one attached hydrogen (secondary N) is 1. The average Bonchev–Trinajstić information content (AvgIpc) is 3.02. The third kappa shape index (κ3) is 8.38. The molecule has 0 bridgehead atoms. The zero-order chi connectivity index (χ0) is 26.4. The Balaban J connectivity index is 0.000000926. The Kier molecular flexibility index (Phi) is 13.1. The van der Waals surface area contributed by atoms with Crippen molar-refractivity contribution in [2.24, 2.45) is 5.73 Å². The number of aryl methyl sites for hydroxylation is 2. The van der Waals surface area contributed by atoms with Gasteiger partial charge in [-0.2, -0.15) is 0 Å². The Morgan fingerprint density at radius 2 is 1.60 bits per heavy atom. The van der Waals surface area contributed by atoms with Gasteiger partial charge in [0.1, 0.15) is 5.75 Å². The van der Waals surface area contributed by atoms with E-state index in [0.717, 1.165) is 54.4 Å². The van der Waals surface area contributed by atoms with Crippen molar-refractivity contribution in [3.63, 3.8) is 0 Å². The number of hydrogen-bond donors (Lipinski definition) is 2. The van der Waals surface area contributed by atoms with Gasteiger partial charge in [0.05, 0.1) is 21.3 Å². The van der Waals surface area contributed by atoms with Gasteiger partial charge >= 0.3 is 6.09 Å². The fourth-order valence-electron chi connectivity index (χ4n) is 3.76. The second-order valence-corrected chi connectivity index (χ2v) is 7.63. The molecule has 0 saturated carbocycles. The fourth-order valence-corrected chi connectivity index (χ4v) is 3.76. The molecule has 35 heavy (non-hydrogen) atoms. The third-order valence-electron chi connectivity index (χ3n) is 5.16. The van der Waals surface area contributed by atoms with E-state index in [4.69, 9.17) is 18.9 Å². The van der Waals surface area contributed by atoms with Gasteiger partial charge in [0.15, 0.2) is 11.5 Å². The Labute approximate surface area is 209 Å². The van der Waals surface area contributed by atoms with Crippen LogP contribution in [0.15, 0.2) is 24.3 Å². The summed E-state index contributed by atoms with van der Waals surface area (Å²) in [5.74, 6) is 2.11. The number of nitrogens with two attached hydrogens (primary N) is 1. The van der Waals surface area contributed by atoms with Crippen LogP contribution in [-0.4, -0.2) is 39.9 Å². The lowest BCUT2D eigenvalue weighted by Crippen LogP contribution is -2.27. The van der Waals surface area contributed by atoms with Gasteiger partial charge in [-0.25, -0.2) is 4.79 Å². The number of carbonyl (C=O) groups is 2. The van der Waals surface area contributed by atoms with E-state index >= 15 is 0 Å². The fraction of sp³-hybridized carbons (Fsp3) is 0.481. The van der Waals surface area contributed by atoms with Crippen LogP contribution in [-0.2, 0) is 17.6 Å². The molecule has 8 heteroatoms. The molecule has 194 valence electrons. The number of unbranched alkanes of at least 4 members (excludes halogenated alkanes) is 1. The summed E-state index contributed by atoms with van der Waals surface area (Å²) in [6.07, 6.45) is 4.29. The summed E-state index contributed by atoms with van der Waals surface area (Å²) in [6.45, 7) is 8.00. The van der Waals surface area contributed by atoms with Crippen molar-refractivity contribution in [3.8, 4) is 34.1 Å². The van der Waals surface area contributed by atoms with Crippen molar-refractivity contribution < 1.29 is 28.5 Å². The maximum atomic E-state index is 12.0. The van der Waals surface area contributed by atoms with E-state index in [2.05, 4.69) is 18.0 Å². The molecule has 3 N–H and O–H groups in total. The molecule has 0 aliphatic heterocycles. The molecule has 0 unspecified atom stereocenters. The van der Waals surface area contributed by atoms with Gasteiger partial charge in [-0.1, -0.05) is 33.3 Å². The minimum absolute atomic E-state index is 0.333.